The maximum Gasteiger partial charge on any atom is 0.255 e. The Labute approximate surface area is 175 Å². The number of rotatable bonds is 9. The SMILES string of the molecule is COCCNC(=O)c1ccccc1NC(=O)c1cccc(OCc2ccccc2)c1. The van der Waals surface area contributed by atoms with Crippen LogP contribution in [-0.4, -0.2) is 32.1 Å². The zero-order valence-corrected chi connectivity index (χ0v) is 16.8. The van der Waals surface area contributed by atoms with E-state index in [0.717, 1.165) is 5.56 Å². The molecule has 2 N–H and O–H groups in total. The number of para-hydroxylation sites is 1. The van der Waals surface area contributed by atoms with Crippen molar-refractivity contribution in [2.75, 3.05) is 25.6 Å². The molecule has 3 aromatic carbocycles. The van der Waals surface area contributed by atoms with Crippen LogP contribution < -0.4 is 15.4 Å². The molecule has 0 aliphatic carbocycles. The summed E-state index contributed by atoms with van der Waals surface area (Å²) < 4.78 is 10.7. The van der Waals surface area contributed by atoms with Gasteiger partial charge in [0.05, 0.1) is 17.9 Å². The van der Waals surface area contributed by atoms with E-state index in [-0.39, 0.29) is 11.8 Å². The summed E-state index contributed by atoms with van der Waals surface area (Å²) in [5, 5.41) is 5.57. The maximum atomic E-state index is 12.8. The van der Waals surface area contributed by atoms with Gasteiger partial charge in [-0.2, -0.15) is 0 Å². The predicted octanol–water partition coefficient (Wildman–Crippen LogP) is 3.89. The highest BCUT2D eigenvalue weighted by atomic mass is 16.5. The third kappa shape index (κ3) is 5.93. The van der Waals surface area contributed by atoms with E-state index in [4.69, 9.17) is 9.47 Å². The van der Waals surface area contributed by atoms with Crippen LogP contribution in [-0.2, 0) is 11.3 Å². The van der Waals surface area contributed by atoms with Crippen LogP contribution in [0.4, 0.5) is 5.69 Å². The van der Waals surface area contributed by atoms with Gasteiger partial charge < -0.3 is 20.1 Å². The van der Waals surface area contributed by atoms with Gasteiger partial charge in [0, 0.05) is 19.2 Å². The molecular weight excluding hydrogens is 380 g/mol. The molecule has 0 unspecified atom stereocenters. The lowest BCUT2D eigenvalue weighted by atomic mass is 10.1. The Balaban J connectivity index is 1.67. The van der Waals surface area contributed by atoms with Gasteiger partial charge in [-0.25, -0.2) is 0 Å². The Kier molecular flexibility index (Phi) is 7.58. The van der Waals surface area contributed by atoms with Crippen molar-refractivity contribution in [1.82, 2.24) is 5.32 Å². The molecule has 6 nitrogen and oxygen atoms in total. The highest BCUT2D eigenvalue weighted by Crippen LogP contribution is 2.19. The number of carbonyl (C=O) groups excluding carboxylic acids is 2. The van der Waals surface area contributed by atoms with Gasteiger partial charge in [-0.1, -0.05) is 48.5 Å². The summed E-state index contributed by atoms with van der Waals surface area (Å²) in [6, 6.07) is 23.6. The van der Waals surface area contributed by atoms with Crippen LogP contribution in [0, 0.1) is 0 Å². The normalized spacial score (nSPS) is 10.3. The zero-order valence-electron chi connectivity index (χ0n) is 16.8. The molecule has 0 fully saturated rings. The minimum atomic E-state index is -0.322. The van der Waals surface area contributed by atoms with Crippen molar-refractivity contribution in [2.45, 2.75) is 6.61 Å². The molecular formula is C24H24N2O4. The predicted molar refractivity (Wildman–Crippen MR) is 116 cm³/mol. The molecule has 154 valence electrons. The molecule has 0 saturated carbocycles. The Bertz CT molecular complexity index is 989. The molecule has 30 heavy (non-hydrogen) atoms. The van der Waals surface area contributed by atoms with E-state index in [2.05, 4.69) is 10.6 Å². The maximum absolute atomic E-state index is 12.8. The second-order valence-corrected chi connectivity index (χ2v) is 6.55. The van der Waals surface area contributed by atoms with E-state index in [0.29, 0.717) is 42.3 Å². The van der Waals surface area contributed by atoms with E-state index < -0.39 is 0 Å². The van der Waals surface area contributed by atoms with E-state index in [1.54, 1.807) is 55.6 Å². The summed E-state index contributed by atoms with van der Waals surface area (Å²) in [7, 11) is 1.57. The minimum Gasteiger partial charge on any atom is -0.489 e. The third-order valence-electron chi connectivity index (χ3n) is 4.36. The lowest BCUT2D eigenvalue weighted by Crippen LogP contribution is -2.28. The molecule has 0 spiro atoms. The van der Waals surface area contributed by atoms with Crippen molar-refractivity contribution in [1.29, 1.82) is 0 Å². The Morgan fingerprint density at radius 1 is 0.867 bits per heavy atom. The first-order valence-corrected chi connectivity index (χ1v) is 9.61. The van der Waals surface area contributed by atoms with Crippen molar-refractivity contribution in [3.63, 3.8) is 0 Å². The van der Waals surface area contributed by atoms with Crippen LogP contribution in [0.3, 0.4) is 0 Å². The van der Waals surface area contributed by atoms with Gasteiger partial charge in [-0.15, -0.1) is 0 Å². The number of methoxy groups -OCH3 is 1. The third-order valence-corrected chi connectivity index (χ3v) is 4.36. The van der Waals surface area contributed by atoms with Crippen molar-refractivity contribution >= 4 is 17.5 Å². The summed E-state index contributed by atoms with van der Waals surface area (Å²) in [5.41, 5.74) is 2.31. The fourth-order valence-electron chi connectivity index (χ4n) is 2.81. The first kappa shape index (κ1) is 21.1. The smallest absolute Gasteiger partial charge is 0.255 e. The zero-order chi connectivity index (χ0) is 21.2. The minimum absolute atomic E-state index is 0.275. The molecule has 3 aromatic rings. The number of carbonyl (C=O) groups is 2. The molecule has 2 amide bonds. The van der Waals surface area contributed by atoms with Crippen LogP contribution in [0.5, 0.6) is 5.75 Å². The van der Waals surface area contributed by atoms with E-state index in [1.165, 1.54) is 0 Å². The molecule has 0 bridgehead atoms. The quantitative estimate of drug-likeness (QED) is 0.531. The summed E-state index contributed by atoms with van der Waals surface area (Å²) >= 11 is 0. The lowest BCUT2D eigenvalue weighted by molar-refractivity contribution is 0.0938. The topological polar surface area (TPSA) is 76.7 Å². The summed E-state index contributed by atoms with van der Waals surface area (Å²) in [5.74, 6) is -0.00250. The molecule has 0 atom stereocenters. The highest BCUT2D eigenvalue weighted by Gasteiger charge is 2.14. The number of ether oxygens (including phenoxy) is 2. The molecule has 3 rings (SSSR count). The summed E-state index contributed by atoms with van der Waals surface area (Å²) in [4.78, 5) is 25.2. The molecule has 0 aliphatic heterocycles. The highest BCUT2D eigenvalue weighted by molar-refractivity contribution is 6.09. The second-order valence-electron chi connectivity index (χ2n) is 6.55. The van der Waals surface area contributed by atoms with Gasteiger partial charge in [0.15, 0.2) is 0 Å². The fraction of sp³-hybridized carbons (Fsp3) is 0.167. The van der Waals surface area contributed by atoms with Crippen LogP contribution in [0.15, 0.2) is 78.9 Å². The van der Waals surface area contributed by atoms with Gasteiger partial charge in [-0.05, 0) is 35.9 Å². The molecule has 0 heterocycles. The van der Waals surface area contributed by atoms with Crippen molar-refractivity contribution < 1.29 is 19.1 Å². The largest absolute Gasteiger partial charge is 0.489 e. The van der Waals surface area contributed by atoms with Gasteiger partial charge in [0.2, 0.25) is 0 Å². The molecule has 0 saturated heterocycles. The first-order chi connectivity index (χ1) is 14.7. The van der Waals surface area contributed by atoms with Crippen LogP contribution in [0.1, 0.15) is 26.3 Å². The Morgan fingerprint density at radius 2 is 1.63 bits per heavy atom. The number of benzene rings is 3. The average Bonchev–Trinajstić information content (AvgIpc) is 2.79. The van der Waals surface area contributed by atoms with Crippen LogP contribution in [0.25, 0.3) is 0 Å². The van der Waals surface area contributed by atoms with E-state index >= 15 is 0 Å². The Hall–Kier alpha value is -3.64. The van der Waals surface area contributed by atoms with Gasteiger partial charge in [-0.3, -0.25) is 9.59 Å². The number of hydrogen-bond acceptors (Lipinski definition) is 4. The lowest BCUT2D eigenvalue weighted by Gasteiger charge is -2.12. The van der Waals surface area contributed by atoms with E-state index in [1.807, 2.05) is 30.3 Å². The molecule has 0 radical (unpaired) electrons. The fourth-order valence-corrected chi connectivity index (χ4v) is 2.81. The van der Waals surface area contributed by atoms with Crippen LogP contribution >= 0.6 is 0 Å². The first-order valence-electron chi connectivity index (χ1n) is 9.61. The van der Waals surface area contributed by atoms with Crippen LogP contribution in [0.2, 0.25) is 0 Å². The molecule has 0 aliphatic rings. The van der Waals surface area contributed by atoms with Gasteiger partial charge in [0.25, 0.3) is 11.8 Å². The number of anilines is 1. The standard InChI is InChI=1S/C24H24N2O4/c1-29-15-14-25-24(28)21-12-5-6-13-22(21)26-23(27)19-10-7-11-20(16-19)30-17-18-8-3-2-4-9-18/h2-13,16H,14-15,17H2,1H3,(H,25,28)(H,26,27). The summed E-state index contributed by atoms with van der Waals surface area (Å²) in [6.45, 7) is 1.21. The van der Waals surface area contributed by atoms with Crippen molar-refractivity contribution in [3.8, 4) is 5.75 Å². The van der Waals surface area contributed by atoms with Crippen molar-refractivity contribution in [3.05, 3.63) is 95.6 Å². The van der Waals surface area contributed by atoms with Crippen molar-refractivity contribution in [2.24, 2.45) is 0 Å². The monoisotopic (exact) mass is 404 g/mol. The average molecular weight is 404 g/mol. The number of hydrogen-bond donors (Lipinski definition) is 2. The number of nitrogens with one attached hydrogen (secondary N) is 2. The molecule has 6 heteroatoms. The number of amides is 2. The molecule has 0 aromatic heterocycles. The van der Waals surface area contributed by atoms with Gasteiger partial charge >= 0.3 is 0 Å². The Morgan fingerprint density at radius 3 is 2.43 bits per heavy atom. The van der Waals surface area contributed by atoms with E-state index in [9.17, 15) is 9.59 Å². The summed E-state index contributed by atoms with van der Waals surface area (Å²) in [6.07, 6.45) is 0. The van der Waals surface area contributed by atoms with Gasteiger partial charge in [0.1, 0.15) is 12.4 Å². The second kappa shape index (κ2) is 10.8.